The van der Waals surface area contributed by atoms with E-state index in [4.69, 9.17) is 9.47 Å². The van der Waals surface area contributed by atoms with Crippen LogP contribution in [-0.2, 0) is 0 Å². The Kier molecular flexibility index (Phi) is 4.97. The van der Waals surface area contributed by atoms with Gasteiger partial charge in [-0.2, -0.15) is 0 Å². The largest absolute Gasteiger partial charge is 0.493 e. The van der Waals surface area contributed by atoms with Crippen molar-refractivity contribution in [3.05, 3.63) is 66.7 Å². The van der Waals surface area contributed by atoms with E-state index in [0.29, 0.717) is 28.9 Å². The maximum absolute atomic E-state index is 6.31. The average molecular weight is 398 g/mol. The third kappa shape index (κ3) is 3.81. The van der Waals surface area contributed by atoms with Gasteiger partial charge >= 0.3 is 0 Å². The third-order valence-corrected chi connectivity index (χ3v) is 5.38. The van der Waals surface area contributed by atoms with Gasteiger partial charge in [-0.1, -0.05) is 6.42 Å². The molecule has 1 aromatic carbocycles. The zero-order valence-corrected chi connectivity index (χ0v) is 16.8. The van der Waals surface area contributed by atoms with Gasteiger partial charge in [0.15, 0.2) is 17.3 Å². The number of ether oxygens (including phenoxy) is 2. The van der Waals surface area contributed by atoms with Gasteiger partial charge in [0.05, 0.1) is 12.1 Å². The lowest BCUT2D eigenvalue weighted by molar-refractivity contribution is 0.181. The summed E-state index contributed by atoms with van der Waals surface area (Å²) in [5.41, 5.74) is 2.33. The van der Waals surface area contributed by atoms with Gasteiger partial charge in [-0.15, -0.1) is 0 Å². The molecule has 0 saturated heterocycles. The summed E-state index contributed by atoms with van der Waals surface area (Å²) in [5.74, 6) is 3.33. The molecule has 0 N–H and O–H groups in total. The van der Waals surface area contributed by atoms with Crippen LogP contribution >= 0.6 is 0 Å². The summed E-state index contributed by atoms with van der Waals surface area (Å²) in [6.07, 6.45) is 8.97. The quantitative estimate of drug-likeness (QED) is 0.435. The van der Waals surface area contributed by atoms with Gasteiger partial charge in [0.25, 0.3) is 0 Å². The summed E-state index contributed by atoms with van der Waals surface area (Å²) in [5, 5.41) is 0.893. The van der Waals surface area contributed by atoms with E-state index >= 15 is 0 Å². The predicted octanol–water partition coefficient (Wildman–Crippen LogP) is 5.37. The van der Waals surface area contributed by atoms with Crippen molar-refractivity contribution in [2.45, 2.75) is 26.2 Å². The minimum Gasteiger partial charge on any atom is -0.493 e. The van der Waals surface area contributed by atoms with Crippen molar-refractivity contribution in [2.24, 2.45) is 5.92 Å². The van der Waals surface area contributed by atoms with E-state index in [-0.39, 0.29) is 0 Å². The first kappa shape index (κ1) is 18.5. The Hall–Kier alpha value is -3.54. The van der Waals surface area contributed by atoms with Crippen LogP contribution in [0.25, 0.3) is 22.4 Å². The fraction of sp³-hybridized carbons (Fsp3) is 0.250. The first-order valence-corrected chi connectivity index (χ1v) is 10.2. The van der Waals surface area contributed by atoms with Gasteiger partial charge < -0.3 is 9.47 Å². The molecule has 5 rings (SSSR count). The summed E-state index contributed by atoms with van der Waals surface area (Å²) in [6.45, 7) is 2.70. The number of aryl methyl sites for hydroxylation is 1. The molecular weight excluding hydrogens is 376 g/mol. The van der Waals surface area contributed by atoms with Gasteiger partial charge in [0.1, 0.15) is 11.5 Å². The van der Waals surface area contributed by atoms with Crippen LogP contribution in [0.15, 0.2) is 61.1 Å². The molecule has 6 heteroatoms. The van der Waals surface area contributed by atoms with E-state index in [1.165, 1.54) is 19.3 Å². The van der Waals surface area contributed by atoms with Crippen molar-refractivity contribution in [2.75, 3.05) is 6.61 Å². The Morgan fingerprint density at radius 2 is 1.80 bits per heavy atom. The molecule has 30 heavy (non-hydrogen) atoms. The first-order valence-electron chi connectivity index (χ1n) is 10.2. The number of nitrogens with zero attached hydrogens (tertiary/aromatic N) is 4. The molecule has 1 fully saturated rings. The molecule has 150 valence electrons. The van der Waals surface area contributed by atoms with Crippen LogP contribution < -0.4 is 9.47 Å². The van der Waals surface area contributed by atoms with E-state index in [2.05, 4.69) is 19.9 Å². The molecule has 0 amide bonds. The molecular formula is C24H22N4O2. The number of aromatic nitrogens is 4. The molecule has 0 unspecified atom stereocenters. The number of pyridine rings is 2. The molecule has 1 aliphatic carbocycles. The average Bonchev–Trinajstić information content (AvgIpc) is 2.75. The highest BCUT2D eigenvalue weighted by Crippen LogP contribution is 2.35. The van der Waals surface area contributed by atoms with Gasteiger partial charge in [0, 0.05) is 29.7 Å². The Morgan fingerprint density at radius 1 is 0.933 bits per heavy atom. The van der Waals surface area contributed by atoms with E-state index in [1.54, 1.807) is 24.7 Å². The number of fused-ring (bicyclic) bond motifs is 1. The van der Waals surface area contributed by atoms with Gasteiger partial charge in [0.2, 0.25) is 0 Å². The number of hydrogen-bond acceptors (Lipinski definition) is 6. The highest BCUT2D eigenvalue weighted by atomic mass is 16.5. The summed E-state index contributed by atoms with van der Waals surface area (Å²) < 4.78 is 12.3. The molecule has 3 heterocycles. The Morgan fingerprint density at radius 3 is 2.60 bits per heavy atom. The van der Waals surface area contributed by atoms with Gasteiger partial charge in [-0.05, 0) is 68.1 Å². The molecule has 1 aliphatic rings. The van der Waals surface area contributed by atoms with Crippen molar-refractivity contribution in [3.8, 4) is 28.8 Å². The molecule has 0 spiro atoms. The van der Waals surface area contributed by atoms with E-state index in [0.717, 1.165) is 29.0 Å². The molecule has 4 aromatic rings. The zero-order chi connectivity index (χ0) is 20.3. The SMILES string of the molecule is Cc1ccc(Oc2ccnc3ccc(OCC4CCC4)cc23)c(-c2ncccn2)n1. The lowest BCUT2D eigenvalue weighted by atomic mass is 9.86. The van der Waals surface area contributed by atoms with Crippen molar-refractivity contribution in [3.63, 3.8) is 0 Å². The topological polar surface area (TPSA) is 70.0 Å². The zero-order valence-electron chi connectivity index (χ0n) is 16.8. The first-order chi connectivity index (χ1) is 14.8. The summed E-state index contributed by atoms with van der Waals surface area (Å²) in [7, 11) is 0. The van der Waals surface area contributed by atoms with E-state index in [1.807, 2.05) is 43.3 Å². The third-order valence-electron chi connectivity index (χ3n) is 5.38. The maximum Gasteiger partial charge on any atom is 0.181 e. The normalized spacial score (nSPS) is 13.8. The fourth-order valence-corrected chi connectivity index (χ4v) is 3.48. The minimum atomic E-state index is 0.527. The predicted molar refractivity (Wildman–Crippen MR) is 115 cm³/mol. The second-order valence-electron chi connectivity index (χ2n) is 7.57. The van der Waals surface area contributed by atoms with E-state index in [9.17, 15) is 0 Å². The van der Waals surface area contributed by atoms with Gasteiger partial charge in [-0.3, -0.25) is 4.98 Å². The molecule has 0 radical (unpaired) electrons. The fourth-order valence-electron chi connectivity index (χ4n) is 3.48. The maximum atomic E-state index is 6.31. The Bertz CT molecular complexity index is 1180. The van der Waals surface area contributed by atoms with Crippen LogP contribution in [-0.4, -0.2) is 26.5 Å². The van der Waals surface area contributed by atoms with Crippen molar-refractivity contribution in [1.29, 1.82) is 0 Å². The van der Waals surface area contributed by atoms with Gasteiger partial charge in [-0.25, -0.2) is 15.0 Å². The van der Waals surface area contributed by atoms with Crippen LogP contribution in [0.5, 0.6) is 17.2 Å². The van der Waals surface area contributed by atoms with Crippen LogP contribution in [0.2, 0.25) is 0 Å². The van der Waals surface area contributed by atoms with Crippen LogP contribution in [0.4, 0.5) is 0 Å². The number of rotatable bonds is 6. The van der Waals surface area contributed by atoms with Crippen molar-refractivity contribution >= 4 is 10.9 Å². The van der Waals surface area contributed by atoms with Crippen LogP contribution in [0.3, 0.4) is 0 Å². The molecule has 0 bridgehead atoms. The second kappa shape index (κ2) is 8.06. The number of hydrogen-bond donors (Lipinski definition) is 0. The standard InChI is InChI=1S/C24H22N4O2/c1-16-6-9-22(23(28-16)24-26-11-3-12-27-24)30-21-10-13-25-20-8-7-18(14-19(20)21)29-15-17-4-2-5-17/h3,6-14,17H,2,4-5,15H2,1H3. The lowest BCUT2D eigenvalue weighted by Crippen LogP contribution is -2.19. The highest BCUT2D eigenvalue weighted by molar-refractivity contribution is 5.86. The Labute approximate surface area is 175 Å². The highest BCUT2D eigenvalue weighted by Gasteiger charge is 2.18. The minimum absolute atomic E-state index is 0.527. The number of benzene rings is 1. The van der Waals surface area contributed by atoms with E-state index < -0.39 is 0 Å². The smallest absolute Gasteiger partial charge is 0.181 e. The molecule has 0 atom stereocenters. The van der Waals surface area contributed by atoms with Crippen molar-refractivity contribution in [1.82, 2.24) is 19.9 Å². The molecule has 6 nitrogen and oxygen atoms in total. The van der Waals surface area contributed by atoms with Crippen molar-refractivity contribution < 1.29 is 9.47 Å². The molecule has 1 saturated carbocycles. The molecule has 3 aromatic heterocycles. The summed E-state index contributed by atoms with van der Waals surface area (Å²) >= 11 is 0. The lowest BCUT2D eigenvalue weighted by Gasteiger charge is -2.25. The summed E-state index contributed by atoms with van der Waals surface area (Å²) in [4.78, 5) is 17.8. The van der Waals surface area contributed by atoms with Crippen LogP contribution in [0, 0.1) is 12.8 Å². The summed E-state index contributed by atoms with van der Waals surface area (Å²) in [6, 6.07) is 13.4. The second-order valence-corrected chi connectivity index (χ2v) is 7.57. The molecule has 0 aliphatic heterocycles. The van der Waals surface area contributed by atoms with Crippen LogP contribution in [0.1, 0.15) is 25.0 Å². The Balaban J connectivity index is 1.49. The monoisotopic (exact) mass is 398 g/mol.